The molecule has 7 nitrogen and oxygen atoms in total. The van der Waals surface area contributed by atoms with Crippen LogP contribution in [-0.2, 0) is 13.6 Å². The van der Waals surface area contributed by atoms with Crippen LogP contribution < -0.4 is 10.7 Å². The van der Waals surface area contributed by atoms with Crippen molar-refractivity contribution in [1.82, 2.24) is 19.6 Å². The van der Waals surface area contributed by atoms with Crippen molar-refractivity contribution in [2.75, 3.05) is 5.32 Å². The number of aryl methyl sites for hydroxylation is 3. The van der Waals surface area contributed by atoms with Crippen molar-refractivity contribution < 1.29 is 4.79 Å². The van der Waals surface area contributed by atoms with Crippen LogP contribution in [0.4, 0.5) is 5.69 Å². The van der Waals surface area contributed by atoms with Gasteiger partial charge in [-0.2, -0.15) is 10.2 Å². The molecule has 0 radical (unpaired) electrons. The number of carbonyl (C=O) groups excluding carboxylic acids is 1. The molecule has 0 unspecified atom stereocenters. The number of hydrogen-bond acceptors (Lipinski definition) is 4. The molecule has 4 aromatic rings. The second kappa shape index (κ2) is 7.35. The summed E-state index contributed by atoms with van der Waals surface area (Å²) in [5, 5.41) is 11.7. The maximum atomic E-state index is 12.8. The second-order valence-electron chi connectivity index (χ2n) is 7.19. The van der Waals surface area contributed by atoms with Crippen LogP contribution in [0.1, 0.15) is 27.2 Å². The maximum Gasteiger partial charge on any atom is 0.280 e. The molecule has 0 spiro atoms. The molecular formula is C22H21N5O2. The third-order valence-corrected chi connectivity index (χ3v) is 4.74. The average Bonchev–Trinajstić information content (AvgIpc) is 3.11. The summed E-state index contributed by atoms with van der Waals surface area (Å²) < 4.78 is 3.28. The number of carbonyl (C=O) groups is 1. The number of amides is 1. The summed E-state index contributed by atoms with van der Waals surface area (Å²) in [5.41, 5.74) is 3.91. The van der Waals surface area contributed by atoms with E-state index in [1.54, 1.807) is 34.9 Å². The molecule has 0 atom stereocenters. The molecule has 2 aromatic heterocycles. The zero-order valence-corrected chi connectivity index (χ0v) is 16.5. The largest absolute Gasteiger partial charge is 0.318 e. The van der Waals surface area contributed by atoms with Gasteiger partial charge in [-0.3, -0.25) is 19.0 Å². The Kier molecular flexibility index (Phi) is 4.72. The molecular weight excluding hydrogens is 366 g/mol. The van der Waals surface area contributed by atoms with Crippen LogP contribution in [0, 0.1) is 13.8 Å². The predicted octanol–water partition coefficient (Wildman–Crippen LogP) is 3.05. The first kappa shape index (κ1) is 18.6. The van der Waals surface area contributed by atoms with Crippen molar-refractivity contribution in [3.05, 3.63) is 87.5 Å². The maximum absolute atomic E-state index is 12.8. The minimum absolute atomic E-state index is 0.142. The predicted molar refractivity (Wildman–Crippen MR) is 112 cm³/mol. The number of fused-ring (bicyclic) bond motifs is 1. The van der Waals surface area contributed by atoms with Gasteiger partial charge >= 0.3 is 0 Å². The Labute approximate surface area is 167 Å². The van der Waals surface area contributed by atoms with Crippen LogP contribution in [0.25, 0.3) is 10.9 Å². The standard InChI is InChI=1S/C22H21N5O2/c1-14-5-4-6-16(9-14)12-27-13-17(11-23-27)24-22(29)20-21(28)18-10-15(2)7-8-19(18)26(3)25-20/h4-11,13H,12H2,1-3H3,(H,24,29). The van der Waals surface area contributed by atoms with Crippen molar-refractivity contribution >= 4 is 22.5 Å². The van der Waals surface area contributed by atoms with Crippen LogP contribution in [-0.4, -0.2) is 25.5 Å². The van der Waals surface area contributed by atoms with Crippen molar-refractivity contribution in [2.24, 2.45) is 7.05 Å². The van der Waals surface area contributed by atoms with E-state index in [2.05, 4.69) is 21.6 Å². The van der Waals surface area contributed by atoms with E-state index < -0.39 is 5.91 Å². The van der Waals surface area contributed by atoms with Gasteiger partial charge in [-0.05, 0) is 31.5 Å². The number of nitrogens with zero attached hydrogens (tertiary/aromatic N) is 4. The molecule has 0 aliphatic heterocycles. The van der Waals surface area contributed by atoms with Gasteiger partial charge < -0.3 is 5.32 Å². The van der Waals surface area contributed by atoms with Gasteiger partial charge in [0.1, 0.15) is 0 Å². The second-order valence-corrected chi connectivity index (χ2v) is 7.19. The van der Waals surface area contributed by atoms with Crippen molar-refractivity contribution in [2.45, 2.75) is 20.4 Å². The summed E-state index contributed by atoms with van der Waals surface area (Å²) in [7, 11) is 1.72. The Hall–Kier alpha value is -3.74. The molecule has 0 aliphatic rings. The number of benzene rings is 2. The first-order valence-electron chi connectivity index (χ1n) is 9.28. The summed E-state index contributed by atoms with van der Waals surface area (Å²) in [6.45, 7) is 4.53. The lowest BCUT2D eigenvalue weighted by Crippen LogP contribution is -2.26. The van der Waals surface area contributed by atoms with Gasteiger partial charge in [0.05, 0.1) is 29.3 Å². The highest BCUT2D eigenvalue weighted by molar-refractivity contribution is 6.04. The van der Waals surface area contributed by atoms with E-state index in [0.29, 0.717) is 23.1 Å². The van der Waals surface area contributed by atoms with Gasteiger partial charge in [-0.1, -0.05) is 41.5 Å². The highest BCUT2D eigenvalue weighted by Crippen LogP contribution is 2.13. The number of anilines is 1. The van der Waals surface area contributed by atoms with E-state index in [1.807, 2.05) is 44.2 Å². The van der Waals surface area contributed by atoms with E-state index in [-0.39, 0.29) is 11.1 Å². The van der Waals surface area contributed by atoms with Crippen LogP contribution in [0.5, 0.6) is 0 Å². The fourth-order valence-electron chi connectivity index (χ4n) is 3.34. The van der Waals surface area contributed by atoms with E-state index in [0.717, 1.165) is 11.1 Å². The third kappa shape index (κ3) is 3.80. The highest BCUT2D eigenvalue weighted by Gasteiger charge is 2.17. The fourth-order valence-corrected chi connectivity index (χ4v) is 3.34. The molecule has 2 heterocycles. The zero-order chi connectivity index (χ0) is 20.5. The van der Waals surface area contributed by atoms with Gasteiger partial charge in [-0.25, -0.2) is 0 Å². The smallest absolute Gasteiger partial charge is 0.280 e. The van der Waals surface area contributed by atoms with Crippen molar-refractivity contribution in [1.29, 1.82) is 0 Å². The molecule has 146 valence electrons. The van der Waals surface area contributed by atoms with Crippen molar-refractivity contribution in [3.8, 4) is 0 Å². The van der Waals surface area contributed by atoms with Gasteiger partial charge in [0.2, 0.25) is 5.43 Å². The van der Waals surface area contributed by atoms with Crippen LogP contribution in [0.2, 0.25) is 0 Å². The summed E-state index contributed by atoms with van der Waals surface area (Å²) in [4.78, 5) is 25.5. The van der Waals surface area contributed by atoms with Crippen LogP contribution in [0.3, 0.4) is 0 Å². The number of aromatic nitrogens is 4. The first-order valence-corrected chi connectivity index (χ1v) is 9.28. The lowest BCUT2D eigenvalue weighted by Gasteiger charge is -2.08. The first-order chi connectivity index (χ1) is 13.9. The van der Waals surface area contributed by atoms with Gasteiger partial charge in [-0.15, -0.1) is 0 Å². The normalized spacial score (nSPS) is 11.0. The quantitative estimate of drug-likeness (QED) is 0.584. The molecule has 1 amide bonds. The van der Waals surface area contributed by atoms with E-state index in [1.165, 1.54) is 5.56 Å². The van der Waals surface area contributed by atoms with Gasteiger partial charge in [0.15, 0.2) is 5.69 Å². The molecule has 0 aliphatic carbocycles. The number of nitrogens with one attached hydrogen (secondary N) is 1. The molecule has 0 fully saturated rings. The van der Waals surface area contributed by atoms with Gasteiger partial charge in [0.25, 0.3) is 5.91 Å². The van der Waals surface area contributed by atoms with Crippen molar-refractivity contribution in [3.63, 3.8) is 0 Å². The van der Waals surface area contributed by atoms with Crippen LogP contribution >= 0.6 is 0 Å². The minimum Gasteiger partial charge on any atom is -0.318 e. The average molecular weight is 387 g/mol. The number of hydrogen-bond donors (Lipinski definition) is 1. The Balaban J connectivity index is 1.58. The molecule has 0 bridgehead atoms. The monoisotopic (exact) mass is 387 g/mol. The van der Waals surface area contributed by atoms with E-state index in [9.17, 15) is 9.59 Å². The molecule has 1 N–H and O–H groups in total. The molecule has 2 aromatic carbocycles. The van der Waals surface area contributed by atoms with Gasteiger partial charge in [0, 0.05) is 13.2 Å². The highest BCUT2D eigenvalue weighted by atomic mass is 16.2. The fraction of sp³-hybridized carbons (Fsp3) is 0.182. The Morgan fingerprint density at radius 2 is 1.90 bits per heavy atom. The van der Waals surface area contributed by atoms with Crippen LogP contribution in [0.15, 0.2) is 59.7 Å². The molecule has 0 saturated carbocycles. The topological polar surface area (TPSA) is 81.8 Å². The summed E-state index contributed by atoms with van der Waals surface area (Å²) >= 11 is 0. The molecule has 7 heteroatoms. The van der Waals surface area contributed by atoms with E-state index in [4.69, 9.17) is 0 Å². The lowest BCUT2D eigenvalue weighted by atomic mass is 10.1. The molecule has 4 rings (SSSR count). The summed E-state index contributed by atoms with van der Waals surface area (Å²) in [5.74, 6) is -0.552. The Morgan fingerprint density at radius 1 is 1.10 bits per heavy atom. The SMILES string of the molecule is Cc1cccc(Cn2cc(NC(=O)c3nn(C)c4ccc(C)cc4c3=O)cn2)c1. The zero-order valence-electron chi connectivity index (χ0n) is 16.5. The summed E-state index contributed by atoms with van der Waals surface area (Å²) in [6.07, 6.45) is 3.29. The number of rotatable bonds is 4. The molecule has 29 heavy (non-hydrogen) atoms. The molecule has 0 saturated heterocycles. The van der Waals surface area contributed by atoms with E-state index >= 15 is 0 Å². The summed E-state index contributed by atoms with van der Waals surface area (Å²) in [6, 6.07) is 13.7. The Morgan fingerprint density at radius 3 is 2.69 bits per heavy atom. The Bertz CT molecular complexity index is 1290. The third-order valence-electron chi connectivity index (χ3n) is 4.74. The lowest BCUT2D eigenvalue weighted by molar-refractivity contribution is 0.101. The minimum atomic E-state index is -0.552.